The zero-order valence-corrected chi connectivity index (χ0v) is 16.0. The molecule has 0 saturated carbocycles. The lowest BCUT2D eigenvalue weighted by molar-refractivity contribution is -0.117. The Labute approximate surface area is 169 Å². The number of urea groups is 1. The van der Waals surface area contributed by atoms with Gasteiger partial charge in [0.1, 0.15) is 5.82 Å². The average molecular weight is 415 g/mol. The molecule has 0 saturated heterocycles. The number of imide groups is 1. The first kappa shape index (κ1) is 20.3. The first-order valence-corrected chi connectivity index (χ1v) is 9.69. The number of thioether (sulfide) groups is 1. The molecular weight excluding hydrogens is 397 g/mol. The Balaban J connectivity index is 1.52. The topological polar surface area (TPSA) is 109 Å². The van der Waals surface area contributed by atoms with Gasteiger partial charge in [-0.15, -0.1) is 5.10 Å². The average Bonchev–Trinajstić information content (AvgIpc) is 3.07. The molecular formula is C19H18FN5O3S. The van der Waals surface area contributed by atoms with Crippen molar-refractivity contribution in [3.05, 3.63) is 76.5 Å². The number of halogens is 1. The van der Waals surface area contributed by atoms with E-state index in [1.165, 1.54) is 22.8 Å². The van der Waals surface area contributed by atoms with Crippen LogP contribution in [0.1, 0.15) is 5.56 Å². The van der Waals surface area contributed by atoms with Gasteiger partial charge in [-0.2, -0.15) is 0 Å². The second kappa shape index (κ2) is 9.69. The number of aromatic nitrogens is 3. The molecule has 1 heterocycles. The van der Waals surface area contributed by atoms with Gasteiger partial charge in [0.2, 0.25) is 5.91 Å². The summed E-state index contributed by atoms with van der Waals surface area (Å²) in [5.41, 5.74) is 0.660. The van der Waals surface area contributed by atoms with E-state index >= 15 is 0 Å². The van der Waals surface area contributed by atoms with E-state index in [1.807, 2.05) is 30.3 Å². The lowest BCUT2D eigenvalue weighted by atomic mass is 10.1. The highest BCUT2D eigenvalue weighted by Gasteiger charge is 2.14. The molecule has 0 bridgehead atoms. The van der Waals surface area contributed by atoms with Crippen LogP contribution in [0, 0.1) is 5.82 Å². The third kappa shape index (κ3) is 5.79. The van der Waals surface area contributed by atoms with Crippen LogP contribution in [0.4, 0.5) is 14.9 Å². The Kier molecular flexibility index (Phi) is 6.80. The highest BCUT2D eigenvalue weighted by atomic mass is 32.2. The van der Waals surface area contributed by atoms with Crippen LogP contribution in [-0.4, -0.2) is 32.5 Å². The van der Waals surface area contributed by atoms with Crippen molar-refractivity contribution in [1.82, 2.24) is 20.1 Å². The fourth-order valence-electron chi connectivity index (χ4n) is 2.51. The van der Waals surface area contributed by atoms with E-state index in [2.05, 4.69) is 20.8 Å². The largest absolute Gasteiger partial charge is 0.343 e. The fourth-order valence-corrected chi connectivity index (χ4v) is 3.28. The second-order valence-electron chi connectivity index (χ2n) is 5.97. The SMILES string of the molecule is O=C(CSc1n[nH]c(=O)n1CCc1ccccc1)NC(=O)Nc1ccccc1F. The van der Waals surface area contributed by atoms with Crippen molar-refractivity contribution in [2.24, 2.45) is 0 Å². The van der Waals surface area contributed by atoms with Crippen LogP contribution in [-0.2, 0) is 17.8 Å². The summed E-state index contributed by atoms with van der Waals surface area (Å²) in [6.45, 7) is 0.400. The van der Waals surface area contributed by atoms with Gasteiger partial charge in [-0.3, -0.25) is 14.7 Å². The van der Waals surface area contributed by atoms with Crippen molar-refractivity contribution in [3.8, 4) is 0 Å². The van der Waals surface area contributed by atoms with Crippen molar-refractivity contribution in [3.63, 3.8) is 0 Å². The summed E-state index contributed by atoms with van der Waals surface area (Å²) in [6.07, 6.45) is 0.630. The molecule has 0 aliphatic heterocycles. The van der Waals surface area contributed by atoms with Crippen LogP contribution in [0.2, 0.25) is 0 Å². The van der Waals surface area contributed by atoms with E-state index in [4.69, 9.17) is 0 Å². The maximum Gasteiger partial charge on any atom is 0.343 e. The number of carbonyl (C=O) groups is 2. The van der Waals surface area contributed by atoms with Crippen molar-refractivity contribution >= 4 is 29.4 Å². The Morgan fingerprint density at radius 2 is 1.83 bits per heavy atom. The summed E-state index contributed by atoms with van der Waals surface area (Å²) in [5, 5.41) is 11.0. The van der Waals surface area contributed by atoms with Crippen molar-refractivity contribution in [2.75, 3.05) is 11.1 Å². The monoisotopic (exact) mass is 415 g/mol. The molecule has 1 aromatic heterocycles. The lowest BCUT2D eigenvalue weighted by Gasteiger charge is -2.08. The molecule has 0 radical (unpaired) electrons. The molecule has 0 atom stereocenters. The third-order valence-electron chi connectivity index (χ3n) is 3.90. The number of rotatable bonds is 7. The number of amides is 3. The molecule has 2 aromatic carbocycles. The van der Waals surface area contributed by atoms with Crippen LogP contribution < -0.4 is 16.3 Å². The van der Waals surface area contributed by atoms with Gasteiger partial charge in [0.05, 0.1) is 11.4 Å². The van der Waals surface area contributed by atoms with E-state index in [1.54, 1.807) is 6.07 Å². The number of para-hydroxylation sites is 1. The maximum atomic E-state index is 13.5. The minimum atomic E-state index is -0.843. The number of aromatic amines is 1. The maximum absolute atomic E-state index is 13.5. The van der Waals surface area contributed by atoms with Gasteiger partial charge in [0.15, 0.2) is 5.16 Å². The van der Waals surface area contributed by atoms with Gasteiger partial charge in [-0.1, -0.05) is 54.2 Å². The summed E-state index contributed by atoms with van der Waals surface area (Å²) in [6, 6.07) is 14.4. The zero-order valence-electron chi connectivity index (χ0n) is 15.2. The number of nitrogens with zero attached hydrogens (tertiary/aromatic N) is 2. The Morgan fingerprint density at radius 3 is 2.59 bits per heavy atom. The predicted molar refractivity (Wildman–Crippen MR) is 107 cm³/mol. The van der Waals surface area contributed by atoms with Gasteiger partial charge >= 0.3 is 11.7 Å². The van der Waals surface area contributed by atoms with Gasteiger partial charge in [0.25, 0.3) is 0 Å². The molecule has 0 aliphatic rings. The Morgan fingerprint density at radius 1 is 1.10 bits per heavy atom. The van der Waals surface area contributed by atoms with Crippen LogP contribution in [0.5, 0.6) is 0 Å². The van der Waals surface area contributed by atoms with Crippen LogP contribution in [0.15, 0.2) is 64.5 Å². The first-order chi connectivity index (χ1) is 14.0. The van der Waals surface area contributed by atoms with Gasteiger partial charge in [0, 0.05) is 6.54 Å². The Bertz CT molecular complexity index is 1050. The highest BCUT2D eigenvalue weighted by molar-refractivity contribution is 7.99. The third-order valence-corrected chi connectivity index (χ3v) is 4.87. The number of carbonyl (C=O) groups excluding carboxylic acids is 2. The number of benzene rings is 2. The smallest absolute Gasteiger partial charge is 0.305 e. The number of hydrogen-bond donors (Lipinski definition) is 3. The number of H-pyrrole nitrogens is 1. The first-order valence-electron chi connectivity index (χ1n) is 8.70. The minimum Gasteiger partial charge on any atom is -0.305 e. The number of anilines is 1. The van der Waals surface area contributed by atoms with Crippen LogP contribution in [0.3, 0.4) is 0 Å². The predicted octanol–water partition coefficient (Wildman–Crippen LogP) is 2.39. The Hall–Kier alpha value is -3.40. The zero-order chi connectivity index (χ0) is 20.6. The van der Waals surface area contributed by atoms with Crippen LogP contribution in [0.25, 0.3) is 0 Å². The molecule has 0 aliphatic carbocycles. The van der Waals surface area contributed by atoms with E-state index in [0.29, 0.717) is 18.1 Å². The number of hydrogen-bond acceptors (Lipinski definition) is 5. The second-order valence-corrected chi connectivity index (χ2v) is 6.91. The lowest BCUT2D eigenvalue weighted by Crippen LogP contribution is -2.35. The normalized spacial score (nSPS) is 10.5. The summed E-state index contributed by atoms with van der Waals surface area (Å²) in [5.74, 6) is -1.35. The van der Waals surface area contributed by atoms with E-state index in [0.717, 1.165) is 17.3 Å². The van der Waals surface area contributed by atoms with Gasteiger partial charge in [-0.25, -0.2) is 19.1 Å². The molecule has 3 N–H and O–H groups in total. The van der Waals surface area contributed by atoms with Gasteiger partial charge in [-0.05, 0) is 24.1 Å². The molecule has 10 heteroatoms. The fraction of sp³-hybridized carbons (Fsp3) is 0.158. The van der Waals surface area contributed by atoms with E-state index in [-0.39, 0.29) is 17.1 Å². The molecule has 0 unspecified atom stereocenters. The molecule has 3 aromatic rings. The van der Waals surface area contributed by atoms with E-state index in [9.17, 15) is 18.8 Å². The van der Waals surface area contributed by atoms with Crippen LogP contribution >= 0.6 is 11.8 Å². The molecule has 8 nitrogen and oxygen atoms in total. The molecule has 3 rings (SSSR count). The number of nitrogens with one attached hydrogen (secondary N) is 3. The van der Waals surface area contributed by atoms with Crippen molar-refractivity contribution < 1.29 is 14.0 Å². The molecule has 0 fully saturated rings. The molecule has 29 heavy (non-hydrogen) atoms. The molecule has 150 valence electrons. The number of aryl methyl sites for hydroxylation is 1. The summed E-state index contributed by atoms with van der Waals surface area (Å²) in [4.78, 5) is 35.8. The highest BCUT2D eigenvalue weighted by Crippen LogP contribution is 2.14. The minimum absolute atomic E-state index is 0.0347. The quantitative estimate of drug-likeness (QED) is 0.514. The van der Waals surface area contributed by atoms with E-state index < -0.39 is 17.8 Å². The van der Waals surface area contributed by atoms with Gasteiger partial charge < -0.3 is 5.32 Å². The van der Waals surface area contributed by atoms with Crippen molar-refractivity contribution in [2.45, 2.75) is 18.1 Å². The molecule has 0 spiro atoms. The molecule has 3 amide bonds. The standard InChI is InChI=1S/C19H18FN5O3S/c20-14-8-4-5-9-15(14)21-17(27)22-16(26)12-29-19-24-23-18(28)25(19)11-10-13-6-2-1-3-7-13/h1-9H,10-12H2,(H,23,28)(H2,21,22,26,27). The summed E-state index contributed by atoms with van der Waals surface area (Å²) >= 11 is 1.02. The summed E-state index contributed by atoms with van der Waals surface area (Å²) in [7, 11) is 0. The van der Waals surface area contributed by atoms with Crippen molar-refractivity contribution in [1.29, 1.82) is 0 Å². The summed E-state index contributed by atoms with van der Waals surface area (Å²) < 4.78 is 15.0.